The SMILES string of the molecule is CN1CC(=O)N2[C@@H](Cc3ccc(O)cc3)C(=O)N(Cc3cccc4cnn(Cc5cccc(N)c5)c34)C[C@@H]2N1C(=O)NCc1ccccc1. The van der Waals surface area contributed by atoms with Crippen LogP contribution in [0.5, 0.6) is 5.75 Å². The Hall–Kier alpha value is -5.88. The maximum atomic E-state index is 14.5. The smallest absolute Gasteiger partial charge is 0.334 e. The maximum Gasteiger partial charge on any atom is 0.334 e. The van der Waals surface area contributed by atoms with Crippen LogP contribution in [0.25, 0.3) is 10.9 Å². The summed E-state index contributed by atoms with van der Waals surface area (Å²) in [5.74, 6) is -0.345. The fourth-order valence-electron chi connectivity index (χ4n) is 6.89. The van der Waals surface area contributed by atoms with Crippen molar-refractivity contribution in [3.8, 4) is 5.75 Å². The van der Waals surface area contributed by atoms with Gasteiger partial charge in [-0.15, -0.1) is 0 Å². The van der Waals surface area contributed by atoms with Gasteiger partial charge in [-0.05, 0) is 46.5 Å². The number of anilines is 1. The molecule has 5 aromatic rings. The van der Waals surface area contributed by atoms with E-state index in [4.69, 9.17) is 5.73 Å². The minimum atomic E-state index is -0.870. The number of hydrazine groups is 1. The molecule has 12 heteroatoms. The van der Waals surface area contributed by atoms with E-state index >= 15 is 0 Å². The summed E-state index contributed by atoms with van der Waals surface area (Å²) in [6.07, 6.45) is 1.28. The first-order valence-electron chi connectivity index (χ1n) is 16.2. The van der Waals surface area contributed by atoms with Crippen molar-refractivity contribution in [1.82, 2.24) is 34.9 Å². The second-order valence-corrected chi connectivity index (χ2v) is 12.6. The van der Waals surface area contributed by atoms with Crippen LogP contribution in [0.1, 0.15) is 22.3 Å². The van der Waals surface area contributed by atoms with Gasteiger partial charge in [-0.3, -0.25) is 14.3 Å². The number of nitrogens with two attached hydrogens (primary N) is 1. The van der Waals surface area contributed by atoms with Gasteiger partial charge in [0.1, 0.15) is 18.0 Å². The zero-order valence-electron chi connectivity index (χ0n) is 27.1. The molecule has 2 fully saturated rings. The van der Waals surface area contributed by atoms with Crippen molar-refractivity contribution in [2.75, 3.05) is 25.9 Å². The molecule has 7 rings (SSSR count). The van der Waals surface area contributed by atoms with E-state index in [1.807, 2.05) is 83.7 Å². The van der Waals surface area contributed by atoms with E-state index in [9.17, 15) is 19.5 Å². The summed E-state index contributed by atoms with van der Waals surface area (Å²) >= 11 is 0. The highest BCUT2D eigenvalue weighted by Gasteiger charge is 2.50. The molecule has 250 valence electrons. The summed E-state index contributed by atoms with van der Waals surface area (Å²) in [7, 11) is 1.71. The van der Waals surface area contributed by atoms with Gasteiger partial charge in [0.2, 0.25) is 11.8 Å². The molecule has 2 saturated heterocycles. The molecule has 0 aliphatic carbocycles. The number of nitrogen functional groups attached to an aromatic ring is 1. The number of hydrogen-bond donors (Lipinski definition) is 3. The minimum absolute atomic E-state index is 0.0584. The van der Waals surface area contributed by atoms with Crippen LogP contribution in [0.4, 0.5) is 10.5 Å². The summed E-state index contributed by atoms with van der Waals surface area (Å²) < 4.78 is 1.91. The number of piperazine rings is 1. The Kier molecular flexibility index (Phi) is 8.62. The second kappa shape index (κ2) is 13.3. The standard InChI is InChI=1S/C37H38N8O4/c1-41-24-34(47)44-32(18-25-13-15-31(46)16-14-25)36(48)42(23-33(44)45(41)37(49)39-19-26-7-3-2-4-8-26)22-29-11-6-10-28-20-40-43(35(28)29)21-27-9-5-12-30(38)17-27/h2-17,20,32-33,46H,18-19,21-24,38H2,1H3,(H,39,49)/t32-,33-/m0/s1. The van der Waals surface area contributed by atoms with E-state index in [2.05, 4.69) is 10.4 Å². The summed E-state index contributed by atoms with van der Waals surface area (Å²) in [4.78, 5) is 45.4. The predicted octanol–water partition coefficient (Wildman–Crippen LogP) is 3.55. The number of likely N-dealkylation sites (N-methyl/N-ethyl adjacent to an activating group) is 1. The Labute approximate surface area is 283 Å². The van der Waals surface area contributed by atoms with E-state index in [0.29, 0.717) is 18.8 Å². The van der Waals surface area contributed by atoms with Gasteiger partial charge >= 0.3 is 6.03 Å². The molecule has 3 heterocycles. The molecule has 0 unspecified atom stereocenters. The quantitative estimate of drug-likeness (QED) is 0.217. The van der Waals surface area contributed by atoms with Gasteiger partial charge in [0, 0.05) is 37.6 Å². The molecule has 0 saturated carbocycles. The molecule has 12 nitrogen and oxygen atoms in total. The zero-order chi connectivity index (χ0) is 34.1. The lowest BCUT2D eigenvalue weighted by atomic mass is 9.98. The van der Waals surface area contributed by atoms with E-state index < -0.39 is 12.2 Å². The molecule has 49 heavy (non-hydrogen) atoms. The van der Waals surface area contributed by atoms with Crippen LogP contribution < -0.4 is 11.1 Å². The number of amides is 4. The van der Waals surface area contributed by atoms with Gasteiger partial charge in [0.25, 0.3) is 0 Å². The van der Waals surface area contributed by atoms with Crippen molar-refractivity contribution in [3.63, 3.8) is 0 Å². The Balaban J connectivity index is 1.23. The van der Waals surface area contributed by atoms with Crippen LogP contribution in [-0.4, -0.2) is 84.9 Å². The number of hydrogen-bond acceptors (Lipinski definition) is 7. The summed E-state index contributed by atoms with van der Waals surface area (Å²) in [6.45, 7) is 1.10. The van der Waals surface area contributed by atoms with Crippen LogP contribution in [0, 0.1) is 0 Å². The number of nitrogens with zero attached hydrogens (tertiary/aromatic N) is 6. The van der Waals surface area contributed by atoms with Crippen molar-refractivity contribution < 1.29 is 19.5 Å². The first-order chi connectivity index (χ1) is 23.7. The highest BCUT2D eigenvalue weighted by molar-refractivity contribution is 5.92. The largest absolute Gasteiger partial charge is 0.508 e. The Morgan fingerprint density at radius 2 is 1.67 bits per heavy atom. The number of aromatic nitrogens is 2. The molecule has 4 aromatic carbocycles. The second-order valence-electron chi connectivity index (χ2n) is 12.6. The third kappa shape index (κ3) is 6.50. The lowest BCUT2D eigenvalue weighted by Gasteiger charge is -2.54. The first-order valence-corrected chi connectivity index (χ1v) is 16.2. The molecule has 2 atom stereocenters. The summed E-state index contributed by atoms with van der Waals surface area (Å²) in [5.41, 5.74) is 11.2. The molecular weight excluding hydrogens is 620 g/mol. The molecule has 4 N–H and O–H groups in total. The highest BCUT2D eigenvalue weighted by Crippen LogP contribution is 2.30. The Morgan fingerprint density at radius 3 is 2.45 bits per heavy atom. The Bertz CT molecular complexity index is 2000. The summed E-state index contributed by atoms with van der Waals surface area (Å²) in [6, 6.07) is 28.6. The molecule has 0 bridgehead atoms. The predicted molar refractivity (Wildman–Crippen MR) is 184 cm³/mol. The number of rotatable bonds is 8. The number of phenolic OH excluding ortho intramolecular Hbond substituents is 1. The van der Waals surface area contributed by atoms with Crippen LogP contribution in [0.2, 0.25) is 0 Å². The number of urea groups is 1. The van der Waals surface area contributed by atoms with Crippen LogP contribution in [0.15, 0.2) is 103 Å². The van der Waals surface area contributed by atoms with E-state index in [0.717, 1.165) is 33.2 Å². The number of phenols is 1. The van der Waals surface area contributed by atoms with Crippen LogP contribution in [-0.2, 0) is 35.6 Å². The van der Waals surface area contributed by atoms with Gasteiger partial charge < -0.3 is 26.0 Å². The highest BCUT2D eigenvalue weighted by atomic mass is 16.3. The zero-order valence-corrected chi connectivity index (χ0v) is 27.1. The van der Waals surface area contributed by atoms with Crippen molar-refractivity contribution >= 4 is 34.4 Å². The Morgan fingerprint density at radius 1 is 0.918 bits per heavy atom. The fourth-order valence-corrected chi connectivity index (χ4v) is 6.89. The molecule has 2 aliphatic rings. The average molecular weight is 659 g/mol. The van der Waals surface area contributed by atoms with Crippen molar-refractivity contribution in [1.29, 1.82) is 0 Å². The number of benzene rings is 4. The van der Waals surface area contributed by atoms with Crippen LogP contribution >= 0.6 is 0 Å². The molecule has 2 aliphatic heterocycles. The number of aromatic hydroxyl groups is 1. The van der Waals surface area contributed by atoms with Gasteiger partial charge in [0.15, 0.2) is 0 Å². The third-order valence-corrected chi connectivity index (χ3v) is 9.19. The van der Waals surface area contributed by atoms with Gasteiger partial charge in [-0.1, -0.05) is 72.8 Å². The molecule has 1 aromatic heterocycles. The summed E-state index contributed by atoms with van der Waals surface area (Å²) in [5, 5.41) is 21.7. The van der Waals surface area contributed by atoms with Crippen LogP contribution in [0.3, 0.4) is 0 Å². The molecular formula is C37H38N8O4. The van der Waals surface area contributed by atoms with E-state index in [1.54, 1.807) is 51.1 Å². The van der Waals surface area contributed by atoms with Gasteiger partial charge in [-0.2, -0.15) is 5.10 Å². The monoisotopic (exact) mass is 658 g/mol. The molecule has 4 amide bonds. The van der Waals surface area contributed by atoms with Crippen molar-refractivity contribution in [2.45, 2.75) is 38.3 Å². The maximum absolute atomic E-state index is 14.5. The van der Waals surface area contributed by atoms with Gasteiger partial charge in [0.05, 0.1) is 31.3 Å². The number of nitrogens with one attached hydrogen (secondary N) is 1. The normalized spacial score (nSPS) is 18.2. The van der Waals surface area contributed by atoms with Crippen molar-refractivity contribution in [2.24, 2.45) is 0 Å². The lowest BCUT2D eigenvalue weighted by Crippen LogP contribution is -2.76. The van der Waals surface area contributed by atoms with E-state index in [-0.39, 0.29) is 49.7 Å². The average Bonchev–Trinajstić information content (AvgIpc) is 3.50. The van der Waals surface area contributed by atoms with Gasteiger partial charge in [-0.25, -0.2) is 14.8 Å². The topological polar surface area (TPSA) is 140 Å². The minimum Gasteiger partial charge on any atom is -0.508 e. The fraction of sp³-hybridized carbons (Fsp3) is 0.243. The molecule has 0 radical (unpaired) electrons. The number of carbonyl (C=O) groups is 3. The molecule has 0 spiro atoms. The third-order valence-electron chi connectivity index (χ3n) is 9.19. The van der Waals surface area contributed by atoms with Crippen molar-refractivity contribution in [3.05, 3.63) is 126 Å². The lowest BCUT2D eigenvalue weighted by molar-refractivity contribution is -0.187. The number of fused-ring (bicyclic) bond motifs is 2. The van der Waals surface area contributed by atoms with E-state index in [1.165, 1.54) is 0 Å². The number of carbonyl (C=O) groups excluding carboxylic acids is 3. The first kappa shape index (κ1) is 31.7. The number of para-hydroxylation sites is 1.